The van der Waals surface area contributed by atoms with Gasteiger partial charge in [-0.2, -0.15) is 0 Å². The molecule has 30 heavy (non-hydrogen) atoms. The quantitative estimate of drug-likeness (QED) is 0.743. The molecule has 1 aliphatic heterocycles. The van der Waals surface area contributed by atoms with E-state index in [2.05, 4.69) is 5.32 Å². The lowest BCUT2D eigenvalue weighted by Crippen LogP contribution is -2.41. The Kier molecular flexibility index (Phi) is 5.91. The van der Waals surface area contributed by atoms with E-state index >= 15 is 0 Å². The molecule has 0 unspecified atom stereocenters. The molecule has 1 fully saturated rings. The molecule has 0 atom stereocenters. The Morgan fingerprint density at radius 1 is 1.17 bits per heavy atom. The zero-order valence-corrected chi connectivity index (χ0v) is 19.0. The molecule has 1 aromatic carbocycles. The van der Waals surface area contributed by atoms with Crippen LogP contribution >= 0.6 is 0 Å². The molecule has 2 aliphatic rings. The SMILES string of the molecule is CC(C)(C)OC(=O)NCC(=Cc1cccc2c1CCC2=O)B1OC(C)(C)C(C)(C)O1. The van der Waals surface area contributed by atoms with Gasteiger partial charge in [0, 0.05) is 18.5 Å². The maximum absolute atomic E-state index is 12.2. The number of alkyl carbamates (subject to hydrolysis) is 1. The Hall–Kier alpha value is -2.12. The molecule has 0 radical (unpaired) electrons. The summed E-state index contributed by atoms with van der Waals surface area (Å²) in [7, 11) is -0.613. The van der Waals surface area contributed by atoms with Crippen molar-refractivity contribution < 1.29 is 23.6 Å². The number of hydrogen-bond donors (Lipinski definition) is 1. The molecule has 6 nitrogen and oxygen atoms in total. The Morgan fingerprint density at radius 3 is 2.40 bits per heavy atom. The van der Waals surface area contributed by atoms with Crippen LogP contribution in [-0.4, -0.2) is 42.3 Å². The molecule has 3 rings (SSSR count). The molecule has 0 spiro atoms. The van der Waals surface area contributed by atoms with Gasteiger partial charge in [-0.15, -0.1) is 0 Å². The second-order valence-corrected chi connectivity index (χ2v) is 9.96. The first-order valence-electron chi connectivity index (χ1n) is 10.5. The van der Waals surface area contributed by atoms with E-state index in [1.165, 1.54) is 0 Å². The fourth-order valence-corrected chi connectivity index (χ4v) is 3.54. The summed E-state index contributed by atoms with van der Waals surface area (Å²) in [5, 5.41) is 2.81. The monoisotopic (exact) mass is 413 g/mol. The van der Waals surface area contributed by atoms with Crippen molar-refractivity contribution in [1.29, 1.82) is 0 Å². The third-order valence-corrected chi connectivity index (χ3v) is 5.85. The number of fused-ring (bicyclic) bond motifs is 1. The minimum atomic E-state index is -0.613. The number of benzene rings is 1. The van der Waals surface area contributed by atoms with Crippen LogP contribution in [0.15, 0.2) is 23.7 Å². The normalized spacial score (nSPS) is 20.3. The van der Waals surface area contributed by atoms with Crippen molar-refractivity contribution >= 4 is 25.1 Å². The van der Waals surface area contributed by atoms with E-state index in [1.807, 2.05) is 72.7 Å². The number of carbonyl (C=O) groups is 2. The molecule has 7 heteroatoms. The third-order valence-electron chi connectivity index (χ3n) is 5.85. The summed E-state index contributed by atoms with van der Waals surface area (Å²) in [5.74, 6) is 0.171. The smallest absolute Gasteiger partial charge is 0.444 e. The van der Waals surface area contributed by atoms with E-state index < -0.39 is 30.0 Å². The first-order chi connectivity index (χ1) is 13.8. The lowest BCUT2D eigenvalue weighted by atomic mass is 9.76. The van der Waals surface area contributed by atoms with Gasteiger partial charge in [-0.25, -0.2) is 4.79 Å². The Balaban J connectivity index is 1.90. The highest BCUT2D eigenvalue weighted by atomic mass is 16.7. The van der Waals surface area contributed by atoms with Gasteiger partial charge in [0.2, 0.25) is 0 Å². The predicted molar refractivity (Wildman–Crippen MR) is 117 cm³/mol. The Morgan fingerprint density at radius 2 is 1.80 bits per heavy atom. The molecule has 1 aromatic rings. The summed E-state index contributed by atoms with van der Waals surface area (Å²) in [6, 6.07) is 5.74. The van der Waals surface area contributed by atoms with Crippen molar-refractivity contribution in [3.63, 3.8) is 0 Å². The molecule has 0 saturated carbocycles. The van der Waals surface area contributed by atoms with Crippen molar-refractivity contribution in [2.45, 2.75) is 78.1 Å². The molecule has 0 aromatic heterocycles. The van der Waals surface area contributed by atoms with Crippen molar-refractivity contribution in [3.05, 3.63) is 40.4 Å². The summed E-state index contributed by atoms with van der Waals surface area (Å²) in [6.45, 7) is 13.6. The van der Waals surface area contributed by atoms with Crippen molar-refractivity contribution in [2.75, 3.05) is 6.54 Å². The van der Waals surface area contributed by atoms with E-state index in [1.54, 1.807) is 0 Å². The van der Waals surface area contributed by atoms with Gasteiger partial charge >= 0.3 is 13.2 Å². The maximum Gasteiger partial charge on any atom is 0.492 e. The van der Waals surface area contributed by atoms with Crippen LogP contribution in [0.3, 0.4) is 0 Å². The van der Waals surface area contributed by atoms with Crippen molar-refractivity contribution in [2.24, 2.45) is 0 Å². The molecule has 1 heterocycles. The van der Waals surface area contributed by atoms with Crippen LogP contribution in [0, 0.1) is 0 Å². The highest BCUT2D eigenvalue weighted by molar-refractivity contribution is 6.56. The molecular weight excluding hydrogens is 381 g/mol. The Labute approximate surface area is 179 Å². The van der Waals surface area contributed by atoms with Gasteiger partial charge in [0.15, 0.2) is 5.78 Å². The van der Waals surface area contributed by atoms with Crippen LogP contribution < -0.4 is 5.32 Å². The van der Waals surface area contributed by atoms with Gasteiger partial charge < -0.3 is 19.4 Å². The number of ketones is 1. The summed E-state index contributed by atoms with van der Waals surface area (Å²) < 4.78 is 17.8. The second-order valence-electron chi connectivity index (χ2n) is 9.96. The molecule has 1 amide bonds. The second kappa shape index (κ2) is 7.86. The van der Waals surface area contributed by atoms with Gasteiger partial charge in [-0.1, -0.05) is 24.3 Å². The van der Waals surface area contributed by atoms with Crippen LogP contribution in [0.1, 0.15) is 76.4 Å². The molecule has 162 valence electrons. The van der Waals surface area contributed by atoms with Gasteiger partial charge in [-0.05, 0) is 71.5 Å². The van der Waals surface area contributed by atoms with Crippen molar-refractivity contribution in [1.82, 2.24) is 5.32 Å². The highest BCUT2D eigenvalue weighted by Gasteiger charge is 2.52. The van der Waals surface area contributed by atoms with Crippen LogP contribution in [0.2, 0.25) is 0 Å². The molecule has 1 saturated heterocycles. The Bertz CT molecular complexity index is 866. The average molecular weight is 413 g/mol. The first kappa shape index (κ1) is 22.6. The summed E-state index contributed by atoms with van der Waals surface area (Å²) in [6.07, 6.45) is 2.72. The molecular formula is C23H32BNO5. The van der Waals surface area contributed by atoms with E-state index in [0.29, 0.717) is 6.42 Å². The zero-order valence-electron chi connectivity index (χ0n) is 19.0. The zero-order chi connectivity index (χ0) is 22.3. The largest absolute Gasteiger partial charge is 0.492 e. The first-order valence-corrected chi connectivity index (χ1v) is 10.5. The number of carbonyl (C=O) groups excluding carboxylic acids is 2. The lowest BCUT2D eigenvalue weighted by molar-refractivity contribution is 0.00578. The number of nitrogens with one attached hydrogen (secondary N) is 1. The summed E-state index contributed by atoms with van der Waals surface area (Å²) in [5.41, 5.74) is 1.94. The third kappa shape index (κ3) is 4.78. The van der Waals surface area contributed by atoms with E-state index in [4.69, 9.17) is 14.0 Å². The summed E-state index contributed by atoms with van der Waals surface area (Å²) in [4.78, 5) is 24.4. The standard InChI is InChI=1S/C23H32BNO5/c1-21(2,3)28-20(27)25-14-16(24-29-22(4,5)23(6,7)30-24)13-15-9-8-10-18-17(15)11-12-19(18)26/h8-10,13H,11-12,14H2,1-7H3,(H,25,27). The van der Waals surface area contributed by atoms with Crippen LogP contribution in [0.25, 0.3) is 6.08 Å². The summed E-state index contributed by atoms with van der Waals surface area (Å²) >= 11 is 0. The van der Waals surface area contributed by atoms with Gasteiger partial charge in [0.05, 0.1) is 11.2 Å². The van der Waals surface area contributed by atoms with Crippen LogP contribution in [0.4, 0.5) is 4.79 Å². The fraction of sp³-hybridized carbons (Fsp3) is 0.565. The predicted octanol–water partition coefficient (Wildman–Crippen LogP) is 4.36. The van der Waals surface area contributed by atoms with E-state index in [9.17, 15) is 9.59 Å². The number of hydrogen-bond acceptors (Lipinski definition) is 5. The number of ether oxygens (including phenoxy) is 1. The van der Waals surface area contributed by atoms with E-state index in [-0.39, 0.29) is 12.3 Å². The minimum absolute atomic E-state index is 0.171. The highest BCUT2D eigenvalue weighted by Crippen LogP contribution is 2.39. The van der Waals surface area contributed by atoms with Gasteiger partial charge in [0.1, 0.15) is 5.60 Å². The number of amides is 1. The minimum Gasteiger partial charge on any atom is -0.444 e. The van der Waals surface area contributed by atoms with Crippen LogP contribution in [0.5, 0.6) is 0 Å². The lowest BCUT2D eigenvalue weighted by Gasteiger charge is -2.32. The molecule has 1 aliphatic carbocycles. The van der Waals surface area contributed by atoms with Gasteiger partial charge in [-0.3, -0.25) is 4.79 Å². The molecule has 1 N–H and O–H groups in total. The number of rotatable bonds is 4. The number of Topliss-reactive ketones (excluding diaryl/α,β-unsaturated/α-hetero) is 1. The average Bonchev–Trinajstić information content (AvgIpc) is 3.07. The van der Waals surface area contributed by atoms with E-state index in [0.717, 1.165) is 28.6 Å². The topological polar surface area (TPSA) is 73.9 Å². The van der Waals surface area contributed by atoms with Gasteiger partial charge in [0.25, 0.3) is 0 Å². The van der Waals surface area contributed by atoms with Crippen LogP contribution in [-0.2, 0) is 20.5 Å². The fourth-order valence-electron chi connectivity index (χ4n) is 3.54. The van der Waals surface area contributed by atoms with Crippen molar-refractivity contribution in [3.8, 4) is 0 Å². The maximum atomic E-state index is 12.2. The molecule has 0 bridgehead atoms.